The maximum absolute atomic E-state index is 6.12. The summed E-state index contributed by atoms with van der Waals surface area (Å²) in [5.74, 6) is 1.46. The zero-order valence-electron chi connectivity index (χ0n) is 10.6. The molecule has 17 heavy (non-hydrogen) atoms. The standard InChI is InChI=1S/C14H19BrClN/c1-14(2,3)17-8-10-6-11(10)9-4-5-12(15)13(16)7-9/h4-5,7,10-11,17H,6,8H2,1-3H3. The number of benzene rings is 1. The van der Waals surface area contributed by atoms with Crippen LogP contribution in [-0.4, -0.2) is 12.1 Å². The summed E-state index contributed by atoms with van der Waals surface area (Å²) < 4.78 is 0.980. The summed E-state index contributed by atoms with van der Waals surface area (Å²) in [6, 6.07) is 6.31. The Morgan fingerprint density at radius 2 is 2.12 bits per heavy atom. The highest BCUT2D eigenvalue weighted by molar-refractivity contribution is 9.10. The molecule has 1 aromatic carbocycles. The minimum Gasteiger partial charge on any atom is -0.312 e. The maximum atomic E-state index is 6.12. The zero-order valence-corrected chi connectivity index (χ0v) is 12.9. The van der Waals surface area contributed by atoms with Crippen molar-refractivity contribution in [3.05, 3.63) is 33.3 Å². The van der Waals surface area contributed by atoms with Gasteiger partial charge in [-0.1, -0.05) is 17.7 Å². The van der Waals surface area contributed by atoms with Gasteiger partial charge in [0.25, 0.3) is 0 Å². The first-order valence-corrected chi connectivity index (χ1v) is 7.24. The quantitative estimate of drug-likeness (QED) is 0.859. The Hall–Kier alpha value is -0.0500. The molecule has 0 saturated heterocycles. The van der Waals surface area contributed by atoms with E-state index in [1.807, 2.05) is 6.07 Å². The van der Waals surface area contributed by atoms with Gasteiger partial charge in [-0.3, -0.25) is 0 Å². The Morgan fingerprint density at radius 3 is 2.71 bits per heavy atom. The number of rotatable bonds is 3. The van der Waals surface area contributed by atoms with E-state index in [2.05, 4.69) is 54.2 Å². The van der Waals surface area contributed by atoms with Crippen LogP contribution in [0.15, 0.2) is 22.7 Å². The molecule has 0 bridgehead atoms. The Morgan fingerprint density at radius 1 is 1.41 bits per heavy atom. The van der Waals surface area contributed by atoms with Crippen molar-refractivity contribution in [2.24, 2.45) is 5.92 Å². The van der Waals surface area contributed by atoms with Crippen molar-refractivity contribution in [2.75, 3.05) is 6.54 Å². The van der Waals surface area contributed by atoms with Crippen LogP contribution in [0.4, 0.5) is 0 Å². The average Bonchev–Trinajstić information content (AvgIpc) is 2.97. The highest BCUT2D eigenvalue weighted by Gasteiger charge is 2.38. The third kappa shape index (κ3) is 3.70. The van der Waals surface area contributed by atoms with Gasteiger partial charge in [-0.05, 0) is 79.2 Å². The van der Waals surface area contributed by atoms with Crippen molar-refractivity contribution >= 4 is 27.5 Å². The molecule has 0 spiro atoms. The van der Waals surface area contributed by atoms with Crippen molar-refractivity contribution in [1.29, 1.82) is 0 Å². The lowest BCUT2D eigenvalue weighted by Gasteiger charge is -2.20. The molecule has 2 atom stereocenters. The van der Waals surface area contributed by atoms with Gasteiger partial charge in [-0.25, -0.2) is 0 Å². The summed E-state index contributed by atoms with van der Waals surface area (Å²) in [6.45, 7) is 7.73. The van der Waals surface area contributed by atoms with Crippen LogP contribution in [0.25, 0.3) is 0 Å². The molecule has 1 fully saturated rings. The van der Waals surface area contributed by atoms with E-state index in [0.29, 0.717) is 5.92 Å². The first kappa shape index (κ1) is 13.4. The van der Waals surface area contributed by atoms with Gasteiger partial charge >= 0.3 is 0 Å². The molecule has 0 aromatic heterocycles. The second kappa shape index (κ2) is 4.91. The van der Waals surface area contributed by atoms with Gasteiger partial charge in [0.05, 0.1) is 5.02 Å². The predicted octanol–water partition coefficient (Wildman–Crippen LogP) is 4.59. The topological polar surface area (TPSA) is 12.0 Å². The van der Waals surface area contributed by atoms with Crippen LogP contribution in [0, 0.1) is 5.92 Å². The number of hydrogen-bond acceptors (Lipinski definition) is 1. The fraction of sp³-hybridized carbons (Fsp3) is 0.571. The Bertz CT molecular complexity index is 411. The second-order valence-corrected chi connectivity index (χ2v) is 7.17. The van der Waals surface area contributed by atoms with Crippen molar-refractivity contribution in [3.63, 3.8) is 0 Å². The molecule has 1 N–H and O–H groups in total. The summed E-state index contributed by atoms with van der Waals surface area (Å²) in [4.78, 5) is 0. The van der Waals surface area contributed by atoms with E-state index >= 15 is 0 Å². The average molecular weight is 317 g/mol. The number of nitrogens with one attached hydrogen (secondary N) is 1. The van der Waals surface area contributed by atoms with Crippen molar-refractivity contribution in [2.45, 2.75) is 38.6 Å². The summed E-state index contributed by atoms with van der Waals surface area (Å²) in [6.07, 6.45) is 1.28. The lowest BCUT2D eigenvalue weighted by atomic mass is 10.1. The molecule has 2 unspecified atom stereocenters. The van der Waals surface area contributed by atoms with Crippen LogP contribution in [0.2, 0.25) is 5.02 Å². The maximum Gasteiger partial charge on any atom is 0.0550 e. The first-order chi connectivity index (χ1) is 7.87. The molecule has 1 saturated carbocycles. The summed E-state index contributed by atoms with van der Waals surface area (Å²) >= 11 is 9.55. The highest BCUT2D eigenvalue weighted by atomic mass is 79.9. The van der Waals surface area contributed by atoms with Gasteiger partial charge in [-0.15, -0.1) is 0 Å². The second-order valence-electron chi connectivity index (χ2n) is 5.91. The Kier molecular flexibility index (Phi) is 3.86. The molecule has 0 amide bonds. The van der Waals surface area contributed by atoms with Gasteiger partial charge in [0, 0.05) is 10.0 Å². The van der Waals surface area contributed by atoms with Crippen molar-refractivity contribution in [1.82, 2.24) is 5.32 Å². The lowest BCUT2D eigenvalue weighted by Crippen LogP contribution is -2.37. The van der Waals surface area contributed by atoms with Crippen molar-refractivity contribution < 1.29 is 0 Å². The third-order valence-electron chi connectivity index (χ3n) is 3.19. The van der Waals surface area contributed by atoms with E-state index in [0.717, 1.165) is 22.0 Å². The molecular weight excluding hydrogens is 298 g/mol. The van der Waals surface area contributed by atoms with E-state index in [1.165, 1.54) is 12.0 Å². The smallest absolute Gasteiger partial charge is 0.0550 e. The van der Waals surface area contributed by atoms with Crippen LogP contribution in [0.1, 0.15) is 38.7 Å². The fourth-order valence-corrected chi connectivity index (χ4v) is 2.50. The molecule has 1 aromatic rings. The number of halogens is 2. The molecule has 0 radical (unpaired) electrons. The monoisotopic (exact) mass is 315 g/mol. The SMILES string of the molecule is CC(C)(C)NCC1CC1c1ccc(Br)c(Cl)c1. The summed E-state index contributed by atoms with van der Waals surface area (Å²) in [5, 5.41) is 4.38. The molecular formula is C14H19BrClN. The van der Waals surface area contributed by atoms with Crippen LogP contribution < -0.4 is 5.32 Å². The van der Waals surface area contributed by atoms with E-state index in [9.17, 15) is 0 Å². The van der Waals surface area contributed by atoms with Crippen LogP contribution in [-0.2, 0) is 0 Å². The Balaban J connectivity index is 1.92. The molecule has 1 aliphatic rings. The van der Waals surface area contributed by atoms with Crippen LogP contribution >= 0.6 is 27.5 Å². The van der Waals surface area contributed by atoms with Gasteiger partial charge < -0.3 is 5.32 Å². The first-order valence-electron chi connectivity index (χ1n) is 6.07. The van der Waals surface area contributed by atoms with Crippen LogP contribution in [0.3, 0.4) is 0 Å². The number of hydrogen-bond donors (Lipinski definition) is 1. The normalized spacial score (nSPS) is 23.8. The van der Waals surface area contributed by atoms with Gasteiger partial charge in [0.1, 0.15) is 0 Å². The minimum atomic E-state index is 0.213. The molecule has 1 aliphatic carbocycles. The zero-order chi connectivity index (χ0) is 12.6. The summed E-state index contributed by atoms with van der Waals surface area (Å²) in [5.41, 5.74) is 1.59. The largest absolute Gasteiger partial charge is 0.312 e. The van der Waals surface area contributed by atoms with Crippen molar-refractivity contribution in [3.8, 4) is 0 Å². The van der Waals surface area contributed by atoms with Crippen LogP contribution in [0.5, 0.6) is 0 Å². The van der Waals surface area contributed by atoms with E-state index in [4.69, 9.17) is 11.6 Å². The Labute approximate surface area is 117 Å². The highest BCUT2D eigenvalue weighted by Crippen LogP contribution is 2.48. The molecule has 1 nitrogen and oxygen atoms in total. The molecule has 2 rings (SSSR count). The van der Waals surface area contributed by atoms with E-state index in [1.54, 1.807) is 0 Å². The molecule has 0 heterocycles. The fourth-order valence-electron chi connectivity index (χ4n) is 2.06. The van der Waals surface area contributed by atoms with Gasteiger partial charge in [0.15, 0.2) is 0 Å². The molecule has 0 aliphatic heterocycles. The lowest BCUT2D eigenvalue weighted by molar-refractivity contribution is 0.414. The van der Waals surface area contributed by atoms with Gasteiger partial charge in [-0.2, -0.15) is 0 Å². The molecule has 3 heteroatoms. The van der Waals surface area contributed by atoms with E-state index in [-0.39, 0.29) is 5.54 Å². The molecule has 94 valence electrons. The summed E-state index contributed by atoms with van der Waals surface area (Å²) in [7, 11) is 0. The minimum absolute atomic E-state index is 0.213. The van der Waals surface area contributed by atoms with E-state index < -0.39 is 0 Å². The van der Waals surface area contributed by atoms with Gasteiger partial charge in [0.2, 0.25) is 0 Å². The third-order valence-corrected chi connectivity index (χ3v) is 4.42. The predicted molar refractivity (Wildman–Crippen MR) is 77.8 cm³/mol.